The van der Waals surface area contributed by atoms with Crippen LogP contribution in [0.15, 0.2) is 42.7 Å². The van der Waals surface area contributed by atoms with Gasteiger partial charge in [0.15, 0.2) is 0 Å². The third kappa shape index (κ3) is 3.99. The van der Waals surface area contributed by atoms with Gasteiger partial charge in [0.2, 0.25) is 5.91 Å². The number of rotatable bonds is 5. The van der Waals surface area contributed by atoms with E-state index in [1.54, 1.807) is 11.1 Å². The lowest BCUT2D eigenvalue weighted by Gasteiger charge is -2.27. The number of carbonyl (C=O) groups excluding carboxylic acids is 1. The Bertz CT molecular complexity index is 633. The highest BCUT2D eigenvalue weighted by atomic mass is 16.5. The first-order valence-electron chi connectivity index (χ1n) is 8.16. The summed E-state index contributed by atoms with van der Waals surface area (Å²) in [4.78, 5) is 18.6. The number of aromatic nitrogens is 2. The topological polar surface area (TPSA) is 47.4 Å². The summed E-state index contributed by atoms with van der Waals surface area (Å²) in [6.45, 7) is 1.77. The van der Waals surface area contributed by atoms with Crippen LogP contribution in [-0.2, 0) is 16.1 Å². The van der Waals surface area contributed by atoms with Crippen molar-refractivity contribution >= 4 is 5.91 Å². The Balaban J connectivity index is 1.63. The first-order chi connectivity index (χ1) is 11.2. The SMILES string of the molecule is CN(C[C@H]1CCCCO1)C(=O)Cn1ccnc1-c1ccccc1. The number of imidazole rings is 1. The molecule has 2 aromatic rings. The summed E-state index contributed by atoms with van der Waals surface area (Å²) in [5.74, 6) is 0.899. The van der Waals surface area contributed by atoms with Gasteiger partial charge in [0.05, 0.1) is 6.10 Å². The molecule has 1 fully saturated rings. The van der Waals surface area contributed by atoms with E-state index in [0.29, 0.717) is 13.1 Å². The van der Waals surface area contributed by atoms with Gasteiger partial charge in [-0.2, -0.15) is 0 Å². The molecular formula is C18H23N3O2. The van der Waals surface area contributed by atoms with Crippen LogP contribution in [0.25, 0.3) is 11.4 Å². The van der Waals surface area contributed by atoms with Gasteiger partial charge in [-0.25, -0.2) is 4.98 Å². The van der Waals surface area contributed by atoms with Gasteiger partial charge >= 0.3 is 0 Å². The zero-order valence-electron chi connectivity index (χ0n) is 13.5. The molecule has 23 heavy (non-hydrogen) atoms. The van der Waals surface area contributed by atoms with Crippen LogP contribution in [0.2, 0.25) is 0 Å². The van der Waals surface area contributed by atoms with Crippen LogP contribution in [0, 0.1) is 0 Å². The average Bonchev–Trinajstić information content (AvgIpc) is 3.04. The Hall–Kier alpha value is -2.14. The van der Waals surface area contributed by atoms with Crippen LogP contribution in [0.5, 0.6) is 0 Å². The molecule has 5 nitrogen and oxygen atoms in total. The van der Waals surface area contributed by atoms with E-state index in [2.05, 4.69) is 4.98 Å². The van der Waals surface area contributed by atoms with Gasteiger partial charge in [-0.3, -0.25) is 4.79 Å². The highest BCUT2D eigenvalue weighted by molar-refractivity contribution is 5.76. The molecule has 1 aliphatic rings. The minimum Gasteiger partial charge on any atom is -0.376 e. The lowest BCUT2D eigenvalue weighted by molar-refractivity contribution is -0.132. The molecule has 5 heteroatoms. The van der Waals surface area contributed by atoms with E-state index in [-0.39, 0.29) is 12.0 Å². The predicted molar refractivity (Wildman–Crippen MR) is 88.9 cm³/mol. The summed E-state index contributed by atoms with van der Waals surface area (Å²) in [6.07, 6.45) is 7.12. The van der Waals surface area contributed by atoms with E-state index >= 15 is 0 Å². The molecule has 1 saturated heterocycles. The maximum absolute atomic E-state index is 12.5. The number of carbonyl (C=O) groups is 1. The van der Waals surface area contributed by atoms with Crippen molar-refractivity contribution < 1.29 is 9.53 Å². The molecular weight excluding hydrogens is 290 g/mol. The summed E-state index contributed by atoms with van der Waals surface area (Å²) in [7, 11) is 1.85. The van der Waals surface area contributed by atoms with Crippen molar-refractivity contribution in [3.63, 3.8) is 0 Å². The van der Waals surface area contributed by atoms with Gasteiger partial charge in [-0.15, -0.1) is 0 Å². The summed E-state index contributed by atoms with van der Waals surface area (Å²) >= 11 is 0. The van der Waals surface area contributed by atoms with Crippen LogP contribution < -0.4 is 0 Å². The van der Waals surface area contributed by atoms with Crippen LogP contribution >= 0.6 is 0 Å². The first kappa shape index (κ1) is 15.7. The van der Waals surface area contributed by atoms with Crippen LogP contribution in [0.4, 0.5) is 0 Å². The van der Waals surface area contributed by atoms with Gasteiger partial charge < -0.3 is 14.2 Å². The molecule has 1 atom stereocenters. The Morgan fingerprint density at radius 1 is 1.35 bits per heavy atom. The van der Waals surface area contributed by atoms with Crippen LogP contribution in [-0.4, -0.2) is 46.7 Å². The molecule has 2 heterocycles. The monoisotopic (exact) mass is 313 g/mol. The molecule has 1 aliphatic heterocycles. The second-order valence-electron chi connectivity index (χ2n) is 6.01. The Morgan fingerprint density at radius 2 is 2.17 bits per heavy atom. The van der Waals surface area contributed by atoms with Gasteiger partial charge in [0, 0.05) is 38.2 Å². The lowest BCUT2D eigenvalue weighted by atomic mass is 10.1. The fourth-order valence-corrected chi connectivity index (χ4v) is 2.91. The maximum atomic E-state index is 12.5. The highest BCUT2D eigenvalue weighted by Crippen LogP contribution is 2.17. The number of benzene rings is 1. The number of amides is 1. The molecule has 3 rings (SSSR count). The van der Waals surface area contributed by atoms with Gasteiger partial charge in [0.1, 0.15) is 12.4 Å². The van der Waals surface area contributed by atoms with Crippen molar-refractivity contribution in [1.82, 2.24) is 14.5 Å². The number of hydrogen-bond acceptors (Lipinski definition) is 3. The molecule has 0 bridgehead atoms. The average molecular weight is 313 g/mol. The molecule has 0 radical (unpaired) electrons. The van der Waals surface area contributed by atoms with Crippen molar-refractivity contribution in [2.24, 2.45) is 0 Å². The Kier molecular flexibility index (Phi) is 5.08. The normalized spacial score (nSPS) is 17.9. The van der Waals surface area contributed by atoms with E-state index in [1.807, 2.05) is 48.1 Å². The summed E-state index contributed by atoms with van der Waals surface area (Å²) in [6, 6.07) is 9.93. The minimum absolute atomic E-state index is 0.0781. The van der Waals surface area contributed by atoms with Crippen molar-refractivity contribution in [3.8, 4) is 11.4 Å². The van der Waals surface area contributed by atoms with Crippen LogP contribution in [0.1, 0.15) is 19.3 Å². The van der Waals surface area contributed by atoms with Crippen molar-refractivity contribution in [2.75, 3.05) is 20.2 Å². The largest absolute Gasteiger partial charge is 0.376 e. The molecule has 0 N–H and O–H groups in total. The summed E-state index contributed by atoms with van der Waals surface area (Å²) in [5, 5.41) is 0. The Labute approximate surface area is 136 Å². The number of nitrogens with zero attached hydrogens (tertiary/aromatic N) is 3. The number of hydrogen-bond donors (Lipinski definition) is 0. The molecule has 0 unspecified atom stereocenters. The third-order valence-corrected chi connectivity index (χ3v) is 4.23. The standard InChI is InChI=1S/C18H23N3O2/c1-20(13-16-9-5-6-12-23-16)17(22)14-21-11-10-19-18(21)15-7-3-2-4-8-15/h2-4,7-8,10-11,16H,5-6,9,12-14H2,1H3/t16-/m1/s1. The second-order valence-corrected chi connectivity index (χ2v) is 6.01. The fourth-order valence-electron chi connectivity index (χ4n) is 2.91. The quantitative estimate of drug-likeness (QED) is 0.852. The van der Waals surface area contributed by atoms with Crippen molar-refractivity contribution in [1.29, 1.82) is 0 Å². The van der Waals surface area contributed by atoms with Crippen LogP contribution in [0.3, 0.4) is 0 Å². The lowest BCUT2D eigenvalue weighted by Crippen LogP contribution is -2.38. The number of ether oxygens (including phenoxy) is 1. The summed E-state index contributed by atoms with van der Waals surface area (Å²) < 4.78 is 7.61. The fraction of sp³-hybridized carbons (Fsp3) is 0.444. The maximum Gasteiger partial charge on any atom is 0.242 e. The predicted octanol–water partition coefficient (Wildman–Crippen LogP) is 2.58. The van der Waals surface area contributed by atoms with E-state index in [4.69, 9.17) is 4.74 Å². The molecule has 1 aromatic heterocycles. The Morgan fingerprint density at radius 3 is 2.91 bits per heavy atom. The second kappa shape index (κ2) is 7.42. The van der Waals surface area contributed by atoms with Crippen molar-refractivity contribution in [3.05, 3.63) is 42.7 Å². The molecule has 1 aromatic carbocycles. The molecule has 0 spiro atoms. The molecule has 1 amide bonds. The number of likely N-dealkylation sites (N-methyl/N-ethyl adjacent to an activating group) is 1. The van der Waals surface area contributed by atoms with Gasteiger partial charge in [-0.1, -0.05) is 30.3 Å². The molecule has 122 valence electrons. The van der Waals surface area contributed by atoms with E-state index in [0.717, 1.165) is 30.8 Å². The third-order valence-electron chi connectivity index (χ3n) is 4.23. The van der Waals surface area contributed by atoms with Gasteiger partial charge in [0.25, 0.3) is 0 Å². The minimum atomic E-state index is 0.0781. The van der Waals surface area contributed by atoms with E-state index < -0.39 is 0 Å². The van der Waals surface area contributed by atoms with E-state index in [9.17, 15) is 4.79 Å². The zero-order valence-corrected chi connectivity index (χ0v) is 13.5. The summed E-state index contributed by atoms with van der Waals surface area (Å²) in [5.41, 5.74) is 1.02. The zero-order chi connectivity index (χ0) is 16.1. The van der Waals surface area contributed by atoms with E-state index in [1.165, 1.54) is 6.42 Å². The highest BCUT2D eigenvalue weighted by Gasteiger charge is 2.19. The first-order valence-corrected chi connectivity index (χ1v) is 8.16. The van der Waals surface area contributed by atoms with Crippen molar-refractivity contribution in [2.45, 2.75) is 31.9 Å². The smallest absolute Gasteiger partial charge is 0.242 e. The molecule has 0 saturated carbocycles. The molecule has 0 aliphatic carbocycles. The van der Waals surface area contributed by atoms with Gasteiger partial charge in [-0.05, 0) is 19.3 Å².